The molecular weight excluding hydrogens is 370 g/mol. The van der Waals surface area contributed by atoms with Crippen LogP contribution in [0.25, 0.3) is 28.3 Å². The first kappa shape index (κ1) is 16.7. The summed E-state index contributed by atoms with van der Waals surface area (Å²) < 4.78 is 1.40. The second-order valence-corrected chi connectivity index (χ2v) is 6.12. The largest absolute Gasteiger partial charge is 0.382 e. The minimum Gasteiger partial charge on any atom is -0.382 e. The van der Waals surface area contributed by atoms with Gasteiger partial charge in [-0.05, 0) is 30.3 Å². The first-order chi connectivity index (χ1) is 13.0. The lowest BCUT2D eigenvalue weighted by atomic mass is 10.1. The number of rotatable bonds is 4. The molecule has 0 aliphatic heterocycles. The molecule has 0 fully saturated rings. The van der Waals surface area contributed by atoms with E-state index in [9.17, 15) is 10.1 Å². The summed E-state index contributed by atoms with van der Waals surface area (Å²) in [7, 11) is 0. The van der Waals surface area contributed by atoms with Crippen molar-refractivity contribution in [1.29, 1.82) is 0 Å². The number of nitrogens with two attached hydrogens (primary N) is 1. The van der Waals surface area contributed by atoms with Crippen molar-refractivity contribution in [3.63, 3.8) is 0 Å². The molecule has 0 unspecified atom stereocenters. The normalized spacial score (nSPS) is 10.9. The number of nitro groups is 1. The minimum atomic E-state index is -0.469. The molecule has 0 saturated heterocycles. The van der Waals surface area contributed by atoms with Gasteiger partial charge in [0.1, 0.15) is 0 Å². The quantitative estimate of drug-likeness (QED) is 0.411. The lowest BCUT2D eigenvalue weighted by molar-refractivity contribution is -0.384. The van der Waals surface area contributed by atoms with Crippen LogP contribution in [0.3, 0.4) is 0 Å². The highest BCUT2D eigenvalue weighted by molar-refractivity contribution is 6.30. The van der Waals surface area contributed by atoms with E-state index in [-0.39, 0.29) is 11.5 Å². The molecule has 134 valence electrons. The zero-order valence-electron chi connectivity index (χ0n) is 13.7. The minimum absolute atomic E-state index is 0.0150. The van der Waals surface area contributed by atoms with Crippen LogP contribution in [-0.2, 0) is 0 Å². The van der Waals surface area contributed by atoms with Gasteiger partial charge in [-0.1, -0.05) is 28.9 Å². The van der Waals surface area contributed by atoms with Gasteiger partial charge in [-0.2, -0.15) is 9.78 Å². The Balaban J connectivity index is 1.66. The molecule has 0 amide bonds. The summed E-state index contributed by atoms with van der Waals surface area (Å²) in [4.78, 5) is 10.3. The van der Waals surface area contributed by atoms with Crippen LogP contribution in [0.15, 0.2) is 54.6 Å². The van der Waals surface area contributed by atoms with Crippen molar-refractivity contribution in [3.8, 4) is 28.3 Å². The highest BCUT2D eigenvalue weighted by Gasteiger charge is 2.16. The summed E-state index contributed by atoms with van der Waals surface area (Å²) in [5.41, 5.74) is 9.36. The number of nitrogens with zero attached hydrogens (tertiary/aromatic N) is 5. The molecule has 0 spiro atoms. The molecular formula is C17H12ClN7O2. The average Bonchev–Trinajstić information content (AvgIpc) is 3.29. The number of aromatic nitrogens is 5. The molecule has 0 bridgehead atoms. The van der Waals surface area contributed by atoms with Gasteiger partial charge in [-0.3, -0.25) is 15.2 Å². The number of aromatic amines is 1. The molecule has 0 aliphatic rings. The van der Waals surface area contributed by atoms with Crippen molar-refractivity contribution in [3.05, 3.63) is 69.7 Å². The Hall–Kier alpha value is -3.72. The van der Waals surface area contributed by atoms with Crippen LogP contribution >= 0.6 is 11.6 Å². The van der Waals surface area contributed by atoms with Crippen LogP contribution in [0.5, 0.6) is 0 Å². The van der Waals surface area contributed by atoms with Crippen molar-refractivity contribution in [1.82, 2.24) is 25.2 Å². The number of nitrogen functional groups attached to an aromatic ring is 1. The van der Waals surface area contributed by atoms with Gasteiger partial charge in [0.25, 0.3) is 5.69 Å². The molecule has 4 aromatic rings. The van der Waals surface area contributed by atoms with Crippen molar-refractivity contribution in [2.75, 3.05) is 5.73 Å². The number of halogens is 1. The van der Waals surface area contributed by atoms with Gasteiger partial charge in [0, 0.05) is 22.7 Å². The second-order valence-electron chi connectivity index (χ2n) is 5.68. The number of benzene rings is 2. The van der Waals surface area contributed by atoms with Crippen LogP contribution in [0.4, 0.5) is 11.5 Å². The SMILES string of the molecule is Nc1c(-c2cc(-c3ccc(Cl)cc3)n[nH]2)nnn1-c1ccc([N+](=O)[O-])cc1. The van der Waals surface area contributed by atoms with Crippen molar-refractivity contribution >= 4 is 23.1 Å². The fraction of sp³-hybridized carbons (Fsp3) is 0. The molecule has 9 nitrogen and oxygen atoms in total. The Labute approximate surface area is 157 Å². The summed E-state index contributed by atoms with van der Waals surface area (Å²) in [6, 6.07) is 15.0. The zero-order valence-corrected chi connectivity index (χ0v) is 14.5. The monoisotopic (exact) mass is 381 g/mol. The predicted octanol–water partition coefficient (Wildman–Crippen LogP) is 3.47. The highest BCUT2D eigenvalue weighted by Crippen LogP contribution is 2.28. The second kappa shape index (κ2) is 6.54. The van der Waals surface area contributed by atoms with Crippen molar-refractivity contribution in [2.24, 2.45) is 0 Å². The van der Waals surface area contributed by atoms with Gasteiger partial charge in [0.15, 0.2) is 11.5 Å². The van der Waals surface area contributed by atoms with E-state index in [1.807, 2.05) is 18.2 Å². The van der Waals surface area contributed by atoms with E-state index >= 15 is 0 Å². The number of hydrogen-bond donors (Lipinski definition) is 2. The van der Waals surface area contributed by atoms with Gasteiger partial charge >= 0.3 is 0 Å². The van der Waals surface area contributed by atoms with E-state index in [1.54, 1.807) is 24.3 Å². The van der Waals surface area contributed by atoms with Crippen molar-refractivity contribution in [2.45, 2.75) is 0 Å². The van der Waals surface area contributed by atoms with Crippen molar-refractivity contribution < 1.29 is 4.92 Å². The first-order valence-electron chi connectivity index (χ1n) is 7.80. The number of hydrogen-bond acceptors (Lipinski definition) is 6. The molecule has 2 aromatic carbocycles. The van der Waals surface area contributed by atoms with E-state index < -0.39 is 4.92 Å². The van der Waals surface area contributed by atoms with E-state index in [4.69, 9.17) is 17.3 Å². The van der Waals surface area contributed by atoms with Crippen LogP contribution in [0.1, 0.15) is 0 Å². The lowest BCUT2D eigenvalue weighted by Gasteiger charge is -2.02. The molecule has 4 rings (SSSR count). The number of H-pyrrole nitrogens is 1. The number of anilines is 1. The summed E-state index contributed by atoms with van der Waals surface area (Å²) in [6.07, 6.45) is 0. The van der Waals surface area contributed by atoms with E-state index in [0.29, 0.717) is 27.8 Å². The Morgan fingerprint density at radius 1 is 1.11 bits per heavy atom. The fourth-order valence-corrected chi connectivity index (χ4v) is 2.72. The average molecular weight is 382 g/mol. The molecule has 10 heteroatoms. The van der Waals surface area contributed by atoms with Gasteiger partial charge in [0.05, 0.1) is 22.0 Å². The van der Waals surface area contributed by atoms with E-state index in [1.165, 1.54) is 16.8 Å². The molecule has 2 heterocycles. The topological polar surface area (TPSA) is 129 Å². The zero-order chi connectivity index (χ0) is 19.0. The maximum absolute atomic E-state index is 10.8. The van der Waals surface area contributed by atoms with Gasteiger partial charge in [-0.25, -0.2) is 0 Å². The standard InChI is InChI=1S/C17H12ClN7O2/c18-11-3-1-10(2-4-11)14-9-15(21-20-14)16-17(19)24(23-22-16)12-5-7-13(8-6-12)25(26)27/h1-9H,19H2,(H,20,21). The Morgan fingerprint density at radius 3 is 2.48 bits per heavy atom. The molecule has 0 radical (unpaired) electrons. The third kappa shape index (κ3) is 3.11. The summed E-state index contributed by atoms with van der Waals surface area (Å²) in [6.45, 7) is 0. The number of nitrogens with one attached hydrogen (secondary N) is 1. The van der Waals surface area contributed by atoms with Crippen LogP contribution in [-0.4, -0.2) is 30.1 Å². The van der Waals surface area contributed by atoms with Gasteiger partial charge in [0.2, 0.25) is 0 Å². The van der Waals surface area contributed by atoms with Crippen LogP contribution < -0.4 is 5.73 Å². The third-order valence-corrected chi connectivity index (χ3v) is 4.24. The molecule has 27 heavy (non-hydrogen) atoms. The highest BCUT2D eigenvalue weighted by atomic mass is 35.5. The predicted molar refractivity (Wildman–Crippen MR) is 100 cm³/mol. The molecule has 0 aliphatic carbocycles. The Morgan fingerprint density at radius 2 is 1.81 bits per heavy atom. The van der Waals surface area contributed by atoms with Gasteiger partial charge in [-0.15, -0.1) is 5.10 Å². The molecule has 0 saturated carbocycles. The van der Waals surface area contributed by atoms with Gasteiger partial charge < -0.3 is 5.73 Å². The lowest BCUT2D eigenvalue weighted by Crippen LogP contribution is -2.02. The molecule has 2 aromatic heterocycles. The van der Waals surface area contributed by atoms with E-state index in [0.717, 1.165) is 5.56 Å². The first-order valence-corrected chi connectivity index (χ1v) is 8.18. The Bertz CT molecular complexity index is 1120. The molecule has 0 atom stereocenters. The fourth-order valence-electron chi connectivity index (χ4n) is 2.60. The number of nitro benzene ring substituents is 1. The Kier molecular flexibility index (Phi) is 4.05. The van der Waals surface area contributed by atoms with Crippen LogP contribution in [0.2, 0.25) is 5.02 Å². The number of non-ortho nitro benzene ring substituents is 1. The summed E-state index contributed by atoms with van der Waals surface area (Å²) >= 11 is 5.91. The maximum atomic E-state index is 10.8. The third-order valence-electron chi connectivity index (χ3n) is 3.98. The van der Waals surface area contributed by atoms with Crippen LogP contribution in [0, 0.1) is 10.1 Å². The maximum Gasteiger partial charge on any atom is 0.269 e. The smallest absolute Gasteiger partial charge is 0.269 e. The summed E-state index contributed by atoms with van der Waals surface area (Å²) in [5.74, 6) is 0.287. The van der Waals surface area contributed by atoms with E-state index in [2.05, 4.69) is 20.5 Å². The summed E-state index contributed by atoms with van der Waals surface area (Å²) in [5, 5.41) is 26.7. The molecule has 3 N–H and O–H groups in total.